The summed E-state index contributed by atoms with van der Waals surface area (Å²) in [4.78, 5) is 26.6. The van der Waals surface area contributed by atoms with Crippen LogP contribution < -0.4 is 5.32 Å². The average Bonchev–Trinajstić information content (AvgIpc) is 2.98. The largest absolute Gasteiger partial charge is 0.365 e. The SMILES string of the molecule is CCN(CC)C(=O)c1ccc(Cl)c(NC(=O)[C@]2(C)CCCO2)c1. The van der Waals surface area contributed by atoms with Crippen molar-refractivity contribution in [2.45, 2.75) is 39.2 Å². The number of anilines is 1. The van der Waals surface area contributed by atoms with Crippen molar-refractivity contribution in [3.8, 4) is 0 Å². The molecule has 0 bridgehead atoms. The summed E-state index contributed by atoms with van der Waals surface area (Å²) in [5.74, 6) is -0.310. The molecular formula is C17H23ClN2O3. The molecule has 6 heteroatoms. The molecule has 0 aliphatic carbocycles. The molecule has 2 amide bonds. The molecule has 1 aromatic rings. The summed E-state index contributed by atoms with van der Waals surface area (Å²) in [5, 5.41) is 3.20. The zero-order valence-electron chi connectivity index (χ0n) is 13.8. The van der Waals surface area contributed by atoms with Crippen molar-refractivity contribution >= 4 is 29.1 Å². The van der Waals surface area contributed by atoms with E-state index in [2.05, 4.69) is 5.32 Å². The Morgan fingerprint density at radius 1 is 1.35 bits per heavy atom. The van der Waals surface area contributed by atoms with E-state index in [4.69, 9.17) is 16.3 Å². The van der Waals surface area contributed by atoms with Crippen molar-refractivity contribution < 1.29 is 14.3 Å². The molecule has 23 heavy (non-hydrogen) atoms. The molecule has 1 aliphatic heterocycles. The molecule has 0 spiro atoms. The zero-order chi connectivity index (χ0) is 17.0. The molecule has 0 saturated carbocycles. The summed E-state index contributed by atoms with van der Waals surface area (Å²) in [6.45, 7) is 7.47. The number of amides is 2. The summed E-state index contributed by atoms with van der Waals surface area (Å²) >= 11 is 6.16. The van der Waals surface area contributed by atoms with Gasteiger partial charge in [0.2, 0.25) is 0 Å². The minimum atomic E-state index is -0.831. The van der Waals surface area contributed by atoms with Gasteiger partial charge in [0.25, 0.3) is 11.8 Å². The van der Waals surface area contributed by atoms with E-state index in [9.17, 15) is 9.59 Å². The van der Waals surface area contributed by atoms with E-state index >= 15 is 0 Å². The monoisotopic (exact) mass is 338 g/mol. The maximum atomic E-state index is 12.4. The van der Waals surface area contributed by atoms with Gasteiger partial charge >= 0.3 is 0 Å². The van der Waals surface area contributed by atoms with Crippen molar-refractivity contribution in [2.75, 3.05) is 25.0 Å². The Morgan fingerprint density at radius 2 is 2.04 bits per heavy atom. The summed E-state index contributed by atoms with van der Waals surface area (Å²) in [7, 11) is 0. The Bertz CT molecular complexity index is 594. The van der Waals surface area contributed by atoms with Gasteiger partial charge in [-0.2, -0.15) is 0 Å². The number of nitrogens with zero attached hydrogens (tertiary/aromatic N) is 1. The number of hydrogen-bond acceptors (Lipinski definition) is 3. The van der Waals surface area contributed by atoms with Gasteiger partial charge in [0, 0.05) is 25.3 Å². The maximum Gasteiger partial charge on any atom is 0.256 e. The molecule has 5 nitrogen and oxygen atoms in total. The molecule has 126 valence electrons. The average molecular weight is 339 g/mol. The second-order valence-corrected chi connectivity index (χ2v) is 6.22. The van der Waals surface area contributed by atoms with E-state index in [1.165, 1.54) is 0 Å². The Labute approximate surface area is 141 Å². The number of carbonyl (C=O) groups excluding carboxylic acids is 2. The van der Waals surface area contributed by atoms with Crippen LogP contribution in [0.4, 0.5) is 5.69 Å². The lowest BCUT2D eigenvalue weighted by molar-refractivity contribution is -0.133. The minimum Gasteiger partial charge on any atom is -0.365 e. The number of hydrogen-bond donors (Lipinski definition) is 1. The van der Waals surface area contributed by atoms with Crippen molar-refractivity contribution in [1.82, 2.24) is 4.90 Å². The first kappa shape index (κ1) is 17.8. The number of carbonyl (C=O) groups is 2. The Morgan fingerprint density at radius 3 is 2.61 bits per heavy atom. The lowest BCUT2D eigenvalue weighted by atomic mass is 10.0. The summed E-state index contributed by atoms with van der Waals surface area (Å²) in [5.41, 5.74) is 0.111. The van der Waals surface area contributed by atoms with E-state index in [0.29, 0.717) is 42.4 Å². The van der Waals surface area contributed by atoms with Gasteiger partial charge in [-0.1, -0.05) is 11.6 Å². The predicted molar refractivity (Wildman–Crippen MR) is 90.9 cm³/mol. The van der Waals surface area contributed by atoms with Gasteiger partial charge in [-0.3, -0.25) is 9.59 Å². The number of benzene rings is 1. The predicted octanol–water partition coefficient (Wildman–Crippen LogP) is 3.33. The quantitative estimate of drug-likeness (QED) is 0.895. The third kappa shape index (κ3) is 3.85. The fourth-order valence-electron chi connectivity index (χ4n) is 2.66. The van der Waals surface area contributed by atoms with Crippen LogP contribution in [0.2, 0.25) is 5.02 Å². The number of nitrogens with one attached hydrogen (secondary N) is 1. The molecule has 1 fully saturated rings. The molecular weight excluding hydrogens is 316 g/mol. The summed E-state index contributed by atoms with van der Waals surface area (Å²) in [6.07, 6.45) is 1.53. The molecule has 0 unspecified atom stereocenters. The molecule has 1 aromatic carbocycles. The number of rotatable bonds is 5. The first-order valence-corrected chi connectivity index (χ1v) is 8.33. The van der Waals surface area contributed by atoms with Gasteiger partial charge in [-0.05, 0) is 51.8 Å². The fraction of sp³-hybridized carbons (Fsp3) is 0.529. The molecule has 1 aliphatic rings. The van der Waals surface area contributed by atoms with E-state index in [-0.39, 0.29) is 11.8 Å². The molecule has 2 rings (SSSR count). The highest BCUT2D eigenvalue weighted by atomic mass is 35.5. The molecule has 1 heterocycles. The van der Waals surface area contributed by atoms with Crippen LogP contribution in [0.25, 0.3) is 0 Å². The summed E-state index contributed by atoms with van der Waals surface area (Å²) < 4.78 is 5.53. The van der Waals surface area contributed by atoms with Gasteiger partial charge in [0.05, 0.1) is 10.7 Å². The van der Waals surface area contributed by atoms with Gasteiger partial charge in [0.15, 0.2) is 0 Å². The van der Waals surface area contributed by atoms with Crippen LogP contribution in [-0.2, 0) is 9.53 Å². The van der Waals surface area contributed by atoms with Crippen molar-refractivity contribution in [3.63, 3.8) is 0 Å². The van der Waals surface area contributed by atoms with Crippen molar-refractivity contribution in [2.24, 2.45) is 0 Å². The Hall–Kier alpha value is -1.59. The smallest absolute Gasteiger partial charge is 0.256 e. The topological polar surface area (TPSA) is 58.6 Å². The van der Waals surface area contributed by atoms with E-state index in [1.807, 2.05) is 13.8 Å². The standard InChI is InChI=1S/C17H23ClN2O3/c1-4-20(5-2)15(21)12-7-8-13(18)14(11-12)19-16(22)17(3)9-6-10-23-17/h7-8,11H,4-6,9-10H2,1-3H3,(H,19,22)/t17-/m0/s1. The van der Waals surface area contributed by atoms with Gasteiger partial charge in [0.1, 0.15) is 5.60 Å². The minimum absolute atomic E-state index is 0.0782. The third-order valence-electron chi connectivity index (χ3n) is 4.21. The molecule has 1 atom stereocenters. The highest BCUT2D eigenvalue weighted by Gasteiger charge is 2.38. The molecule has 0 radical (unpaired) electrons. The van der Waals surface area contributed by atoms with Crippen LogP contribution >= 0.6 is 11.6 Å². The van der Waals surface area contributed by atoms with Crippen LogP contribution in [-0.4, -0.2) is 42.0 Å². The van der Waals surface area contributed by atoms with E-state index in [0.717, 1.165) is 6.42 Å². The van der Waals surface area contributed by atoms with Crippen LogP contribution in [0.3, 0.4) is 0 Å². The lowest BCUT2D eigenvalue weighted by Gasteiger charge is -2.23. The lowest BCUT2D eigenvalue weighted by Crippen LogP contribution is -2.39. The maximum absolute atomic E-state index is 12.4. The molecule has 1 saturated heterocycles. The Kier molecular flexibility index (Phi) is 5.65. The summed E-state index contributed by atoms with van der Waals surface area (Å²) in [6, 6.07) is 4.93. The van der Waals surface area contributed by atoms with Gasteiger partial charge in [-0.15, -0.1) is 0 Å². The van der Waals surface area contributed by atoms with E-state index in [1.54, 1.807) is 30.0 Å². The fourth-order valence-corrected chi connectivity index (χ4v) is 2.82. The normalized spacial score (nSPS) is 20.3. The van der Waals surface area contributed by atoms with E-state index < -0.39 is 5.60 Å². The van der Waals surface area contributed by atoms with Crippen LogP contribution in [0.5, 0.6) is 0 Å². The molecule has 1 N–H and O–H groups in total. The number of halogens is 1. The zero-order valence-corrected chi connectivity index (χ0v) is 14.6. The van der Waals surface area contributed by atoms with Gasteiger partial charge < -0.3 is 15.0 Å². The number of ether oxygens (including phenoxy) is 1. The second-order valence-electron chi connectivity index (χ2n) is 5.81. The first-order chi connectivity index (χ1) is 10.9. The highest BCUT2D eigenvalue weighted by molar-refractivity contribution is 6.34. The van der Waals surface area contributed by atoms with Crippen LogP contribution in [0.15, 0.2) is 18.2 Å². The van der Waals surface area contributed by atoms with Crippen LogP contribution in [0.1, 0.15) is 44.0 Å². The second kappa shape index (κ2) is 7.32. The Balaban J connectivity index is 2.20. The molecule has 0 aromatic heterocycles. The highest BCUT2D eigenvalue weighted by Crippen LogP contribution is 2.29. The van der Waals surface area contributed by atoms with Crippen molar-refractivity contribution in [3.05, 3.63) is 28.8 Å². The van der Waals surface area contributed by atoms with Gasteiger partial charge in [-0.25, -0.2) is 0 Å². The van der Waals surface area contributed by atoms with Crippen molar-refractivity contribution in [1.29, 1.82) is 0 Å². The third-order valence-corrected chi connectivity index (χ3v) is 4.54. The van der Waals surface area contributed by atoms with Crippen LogP contribution in [0, 0.1) is 0 Å². The first-order valence-electron chi connectivity index (χ1n) is 7.95.